The van der Waals surface area contributed by atoms with Crippen LogP contribution in [0.3, 0.4) is 0 Å². The topological polar surface area (TPSA) is 4.41 Å². The molecule has 1 heteroatoms. The van der Waals surface area contributed by atoms with Crippen molar-refractivity contribution in [1.82, 2.24) is 4.40 Å². The van der Waals surface area contributed by atoms with E-state index < -0.39 is 0 Å². The van der Waals surface area contributed by atoms with Crippen molar-refractivity contribution >= 4 is 5.52 Å². The fraction of sp³-hybridized carbons (Fsp3) is 0.167. The third-order valence-corrected chi connectivity index (χ3v) is 5.11. The van der Waals surface area contributed by atoms with Gasteiger partial charge in [0.2, 0.25) is 0 Å². The van der Waals surface area contributed by atoms with Gasteiger partial charge >= 0.3 is 0 Å². The zero-order chi connectivity index (χ0) is 17.4. The molecule has 0 unspecified atom stereocenters. The predicted molar refractivity (Wildman–Crippen MR) is 106 cm³/mol. The number of aryl methyl sites for hydroxylation is 3. The van der Waals surface area contributed by atoms with Crippen LogP contribution in [0.5, 0.6) is 0 Å². The van der Waals surface area contributed by atoms with Gasteiger partial charge in [0, 0.05) is 23.5 Å². The van der Waals surface area contributed by atoms with Gasteiger partial charge in [0.1, 0.15) is 0 Å². The van der Waals surface area contributed by atoms with Crippen molar-refractivity contribution in [2.24, 2.45) is 0 Å². The van der Waals surface area contributed by atoms with E-state index in [1.54, 1.807) is 0 Å². The maximum absolute atomic E-state index is 2.33. The molecule has 1 nitrogen and oxygen atoms in total. The number of benzene rings is 2. The molecule has 124 valence electrons. The highest BCUT2D eigenvalue weighted by Gasteiger charge is 2.07. The third-order valence-electron chi connectivity index (χ3n) is 5.11. The molecule has 2 heterocycles. The van der Waals surface area contributed by atoms with Gasteiger partial charge in [-0.3, -0.25) is 0 Å². The monoisotopic (exact) mass is 325 g/mol. The summed E-state index contributed by atoms with van der Waals surface area (Å²) in [4.78, 5) is 0. The van der Waals surface area contributed by atoms with Crippen LogP contribution in [-0.2, 0) is 6.42 Å². The molecule has 25 heavy (non-hydrogen) atoms. The van der Waals surface area contributed by atoms with E-state index in [4.69, 9.17) is 0 Å². The van der Waals surface area contributed by atoms with Crippen LogP contribution < -0.4 is 0 Å². The lowest BCUT2D eigenvalue weighted by Crippen LogP contribution is -1.96. The number of rotatable bonds is 3. The maximum atomic E-state index is 2.33. The quantitative estimate of drug-likeness (QED) is 0.427. The molecule has 2 aromatic carbocycles. The number of hydrogen-bond acceptors (Lipinski definition) is 0. The Morgan fingerprint density at radius 2 is 1.48 bits per heavy atom. The molecule has 0 radical (unpaired) electrons. The molecule has 0 aliphatic heterocycles. The molecular formula is C24H23N. The van der Waals surface area contributed by atoms with E-state index in [9.17, 15) is 0 Å². The number of nitrogens with zero attached hydrogens (tertiary/aromatic N) is 1. The zero-order valence-corrected chi connectivity index (χ0v) is 15.1. The Morgan fingerprint density at radius 1 is 0.680 bits per heavy atom. The average molecular weight is 325 g/mol. The van der Waals surface area contributed by atoms with Gasteiger partial charge in [0.15, 0.2) is 0 Å². The lowest BCUT2D eigenvalue weighted by molar-refractivity contribution is 1.09. The second-order valence-electron chi connectivity index (χ2n) is 7.00. The molecule has 0 saturated carbocycles. The van der Waals surface area contributed by atoms with E-state index in [0.717, 1.165) is 6.42 Å². The molecule has 0 spiro atoms. The van der Waals surface area contributed by atoms with Crippen LogP contribution in [-0.4, -0.2) is 4.40 Å². The first-order valence-electron chi connectivity index (χ1n) is 8.83. The SMILES string of the molecule is Cc1ccc(Cc2cc3cc(-c4ccccc4)cn3cc2C)cc1C. The van der Waals surface area contributed by atoms with Gasteiger partial charge < -0.3 is 4.40 Å². The lowest BCUT2D eigenvalue weighted by atomic mass is 9.98. The van der Waals surface area contributed by atoms with Gasteiger partial charge in [-0.25, -0.2) is 0 Å². The molecule has 0 fully saturated rings. The second kappa shape index (κ2) is 6.25. The first-order valence-corrected chi connectivity index (χ1v) is 8.83. The van der Waals surface area contributed by atoms with Crippen LogP contribution in [0.4, 0.5) is 0 Å². The van der Waals surface area contributed by atoms with E-state index in [1.165, 1.54) is 44.5 Å². The highest BCUT2D eigenvalue weighted by molar-refractivity contribution is 5.71. The van der Waals surface area contributed by atoms with Crippen molar-refractivity contribution in [3.05, 3.63) is 101 Å². The first kappa shape index (κ1) is 15.7. The number of hydrogen-bond donors (Lipinski definition) is 0. The summed E-state index contributed by atoms with van der Waals surface area (Å²) in [7, 11) is 0. The maximum Gasteiger partial charge on any atom is 0.0459 e. The largest absolute Gasteiger partial charge is 0.323 e. The molecule has 2 aromatic heterocycles. The molecule has 0 atom stereocenters. The smallest absolute Gasteiger partial charge is 0.0459 e. The van der Waals surface area contributed by atoms with Crippen LogP contribution in [0.25, 0.3) is 16.6 Å². The highest BCUT2D eigenvalue weighted by atomic mass is 14.9. The van der Waals surface area contributed by atoms with Crippen molar-refractivity contribution in [2.75, 3.05) is 0 Å². The van der Waals surface area contributed by atoms with E-state index in [2.05, 4.69) is 98.2 Å². The summed E-state index contributed by atoms with van der Waals surface area (Å²) in [6.45, 7) is 6.56. The van der Waals surface area contributed by atoms with Crippen LogP contribution in [0.15, 0.2) is 73.1 Å². The van der Waals surface area contributed by atoms with Crippen molar-refractivity contribution in [2.45, 2.75) is 27.2 Å². The van der Waals surface area contributed by atoms with Crippen LogP contribution >= 0.6 is 0 Å². The normalized spacial score (nSPS) is 11.2. The minimum absolute atomic E-state index is 0.981. The van der Waals surface area contributed by atoms with Crippen molar-refractivity contribution in [3.8, 4) is 11.1 Å². The highest BCUT2D eigenvalue weighted by Crippen LogP contribution is 2.25. The summed E-state index contributed by atoms with van der Waals surface area (Å²) in [5.74, 6) is 0. The standard InChI is InChI=1S/C24H23N/c1-17-9-10-20(11-18(17)2)12-22-13-24-14-23(16-25(24)15-19(22)3)21-7-5-4-6-8-21/h4-11,13-16H,12H2,1-3H3. The van der Waals surface area contributed by atoms with Crippen molar-refractivity contribution in [1.29, 1.82) is 0 Å². The Bertz CT molecular complexity index is 1040. The molecule has 4 aromatic rings. The summed E-state index contributed by atoms with van der Waals surface area (Å²) in [5, 5.41) is 0. The first-order chi connectivity index (χ1) is 12.1. The molecule has 0 N–H and O–H groups in total. The Labute approximate surface area is 149 Å². The van der Waals surface area contributed by atoms with E-state index in [1.807, 2.05) is 0 Å². The van der Waals surface area contributed by atoms with Gasteiger partial charge in [-0.1, -0.05) is 48.5 Å². The molecule has 0 aliphatic rings. The number of fused-ring (bicyclic) bond motifs is 1. The lowest BCUT2D eigenvalue weighted by Gasteiger charge is -2.09. The summed E-state index contributed by atoms with van der Waals surface area (Å²) in [6.07, 6.45) is 5.45. The Hall–Kier alpha value is -2.80. The number of aromatic nitrogens is 1. The average Bonchev–Trinajstić information content (AvgIpc) is 3.02. The molecule has 0 amide bonds. The Kier molecular flexibility index (Phi) is 3.93. The van der Waals surface area contributed by atoms with Crippen LogP contribution in [0.2, 0.25) is 0 Å². The molecular weight excluding hydrogens is 302 g/mol. The van der Waals surface area contributed by atoms with Gasteiger partial charge in [0.05, 0.1) is 0 Å². The van der Waals surface area contributed by atoms with Gasteiger partial charge in [-0.15, -0.1) is 0 Å². The number of pyridine rings is 1. The molecule has 4 rings (SSSR count). The fourth-order valence-electron chi connectivity index (χ4n) is 3.42. The summed E-state index contributed by atoms with van der Waals surface area (Å²) >= 11 is 0. The molecule has 0 aliphatic carbocycles. The van der Waals surface area contributed by atoms with Crippen LogP contribution in [0.1, 0.15) is 27.8 Å². The van der Waals surface area contributed by atoms with Gasteiger partial charge in [0.25, 0.3) is 0 Å². The van der Waals surface area contributed by atoms with Gasteiger partial charge in [-0.2, -0.15) is 0 Å². The third kappa shape index (κ3) is 3.10. The Morgan fingerprint density at radius 3 is 2.24 bits per heavy atom. The fourth-order valence-corrected chi connectivity index (χ4v) is 3.42. The van der Waals surface area contributed by atoms with E-state index >= 15 is 0 Å². The van der Waals surface area contributed by atoms with Crippen LogP contribution in [0, 0.1) is 20.8 Å². The summed E-state index contributed by atoms with van der Waals surface area (Å²) in [6, 6.07) is 22.0. The minimum Gasteiger partial charge on any atom is -0.323 e. The second-order valence-corrected chi connectivity index (χ2v) is 7.00. The Balaban J connectivity index is 1.72. The summed E-state index contributed by atoms with van der Waals surface area (Å²) < 4.78 is 2.24. The van der Waals surface area contributed by atoms with Crippen molar-refractivity contribution < 1.29 is 0 Å². The predicted octanol–water partition coefficient (Wildman–Crippen LogP) is 6.12. The molecule has 0 bridgehead atoms. The minimum atomic E-state index is 0.981. The zero-order valence-electron chi connectivity index (χ0n) is 15.1. The van der Waals surface area contributed by atoms with Gasteiger partial charge in [-0.05, 0) is 72.7 Å². The summed E-state index contributed by atoms with van der Waals surface area (Å²) in [5.41, 5.74) is 10.6. The molecule has 0 saturated heterocycles. The van der Waals surface area contributed by atoms with E-state index in [0.29, 0.717) is 0 Å². The van der Waals surface area contributed by atoms with E-state index in [-0.39, 0.29) is 0 Å². The van der Waals surface area contributed by atoms with Crippen molar-refractivity contribution in [3.63, 3.8) is 0 Å².